The maximum atomic E-state index is 11.4. The van der Waals surface area contributed by atoms with Crippen molar-refractivity contribution in [3.8, 4) is 0 Å². The third-order valence-corrected chi connectivity index (χ3v) is 2.33. The van der Waals surface area contributed by atoms with Gasteiger partial charge in [-0.25, -0.2) is 4.79 Å². The van der Waals surface area contributed by atoms with Crippen molar-refractivity contribution in [1.29, 1.82) is 0 Å². The first kappa shape index (κ1) is 13.8. The summed E-state index contributed by atoms with van der Waals surface area (Å²) in [4.78, 5) is 22.1. The number of nitrogens with one attached hydrogen (secondary N) is 2. The summed E-state index contributed by atoms with van der Waals surface area (Å²) in [7, 11) is 1.30. The van der Waals surface area contributed by atoms with Gasteiger partial charge < -0.3 is 21.1 Å². The molecule has 0 saturated carbocycles. The topological polar surface area (TPSA) is 93.5 Å². The van der Waals surface area contributed by atoms with Gasteiger partial charge in [0.25, 0.3) is 0 Å². The number of methoxy groups -OCH3 is 1. The van der Waals surface area contributed by atoms with E-state index >= 15 is 0 Å². The van der Waals surface area contributed by atoms with Crippen molar-refractivity contribution in [2.75, 3.05) is 31.2 Å². The summed E-state index contributed by atoms with van der Waals surface area (Å²) in [6.45, 7) is 2.46. The van der Waals surface area contributed by atoms with Gasteiger partial charge in [0.1, 0.15) is 0 Å². The molecular weight excluding hydrogens is 234 g/mol. The first-order valence-corrected chi connectivity index (χ1v) is 5.51. The minimum Gasteiger partial charge on any atom is -0.465 e. The molecule has 0 saturated heterocycles. The quantitative estimate of drug-likeness (QED) is 0.405. The second-order valence-corrected chi connectivity index (χ2v) is 3.67. The van der Waals surface area contributed by atoms with E-state index in [1.165, 1.54) is 14.0 Å². The van der Waals surface area contributed by atoms with Crippen LogP contribution < -0.4 is 16.4 Å². The zero-order valence-corrected chi connectivity index (χ0v) is 10.4. The SMILES string of the molecule is COC(=O)c1cccc(NCCNC(C)=O)c1N. The van der Waals surface area contributed by atoms with Gasteiger partial charge in [-0.05, 0) is 12.1 Å². The molecule has 4 N–H and O–H groups in total. The first-order chi connectivity index (χ1) is 8.56. The Labute approximate surface area is 105 Å². The first-order valence-electron chi connectivity index (χ1n) is 5.51. The number of carbonyl (C=O) groups is 2. The number of hydrogen-bond acceptors (Lipinski definition) is 5. The number of nitrogens with two attached hydrogens (primary N) is 1. The lowest BCUT2D eigenvalue weighted by atomic mass is 10.1. The fourth-order valence-corrected chi connectivity index (χ4v) is 1.44. The lowest BCUT2D eigenvalue weighted by molar-refractivity contribution is -0.118. The minimum atomic E-state index is -0.474. The highest BCUT2D eigenvalue weighted by Gasteiger charge is 2.12. The molecule has 0 aliphatic carbocycles. The van der Waals surface area contributed by atoms with E-state index in [1.807, 2.05) is 0 Å². The molecule has 0 fully saturated rings. The zero-order valence-electron chi connectivity index (χ0n) is 10.4. The van der Waals surface area contributed by atoms with Crippen molar-refractivity contribution in [2.24, 2.45) is 0 Å². The molecule has 0 unspecified atom stereocenters. The Balaban J connectivity index is 2.66. The van der Waals surface area contributed by atoms with Crippen LogP contribution in [-0.4, -0.2) is 32.1 Å². The summed E-state index contributed by atoms with van der Waals surface area (Å²) < 4.78 is 4.63. The van der Waals surface area contributed by atoms with Crippen molar-refractivity contribution >= 4 is 23.3 Å². The number of hydrogen-bond donors (Lipinski definition) is 3. The highest BCUT2D eigenvalue weighted by molar-refractivity contribution is 5.98. The number of amides is 1. The van der Waals surface area contributed by atoms with Gasteiger partial charge in [0.15, 0.2) is 0 Å². The van der Waals surface area contributed by atoms with Gasteiger partial charge in [0, 0.05) is 20.0 Å². The molecule has 0 spiro atoms. The van der Waals surface area contributed by atoms with Crippen LogP contribution in [0.5, 0.6) is 0 Å². The van der Waals surface area contributed by atoms with E-state index in [-0.39, 0.29) is 5.91 Å². The highest BCUT2D eigenvalue weighted by atomic mass is 16.5. The second kappa shape index (κ2) is 6.48. The van der Waals surface area contributed by atoms with Gasteiger partial charge >= 0.3 is 5.97 Å². The van der Waals surface area contributed by atoms with Crippen molar-refractivity contribution < 1.29 is 14.3 Å². The smallest absolute Gasteiger partial charge is 0.340 e. The number of esters is 1. The molecule has 1 amide bonds. The van der Waals surface area contributed by atoms with E-state index < -0.39 is 5.97 Å². The fraction of sp³-hybridized carbons (Fsp3) is 0.333. The number of carbonyl (C=O) groups excluding carboxylic acids is 2. The maximum Gasteiger partial charge on any atom is 0.340 e. The van der Waals surface area contributed by atoms with E-state index in [0.29, 0.717) is 30.0 Å². The van der Waals surface area contributed by atoms with Crippen LogP contribution in [0.15, 0.2) is 18.2 Å². The van der Waals surface area contributed by atoms with Gasteiger partial charge in [0.2, 0.25) is 5.91 Å². The summed E-state index contributed by atoms with van der Waals surface area (Å²) in [6, 6.07) is 5.07. The maximum absolute atomic E-state index is 11.4. The third-order valence-electron chi connectivity index (χ3n) is 2.33. The van der Waals surface area contributed by atoms with Crippen LogP contribution in [0.25, 0.3) is 0 Å². The van der Waals surface area contributed by atoms with Crippen LogP contribution in [0.2, 0.25) is 0 Å². The number of benzene rings is 1. The molecule has 1 rings (SSSR count). The van der Waals surface area contributed by atoms with Crippen LogP contribution in [-0.2, 0) is 9.53 Å². The molecule has 0 bridgehead atoms. The number of nitrogen functional groups attached to an aromatic ring is 1. The van der Waals surface area contributed by atoms with E-state index in [9.17, 15) is 9.59 Å². The molecule has 0 aromatic heterocycles. The molecule has 1 aromatic carbocycles. The molecule has 0 heterocycles. The number of ether oxygens (including phenoxy) is 1. The molecule has 98 valence electrons. The summed E-state index contributed by atoms with van der Waals surface area (Å²) >= 11 is 0. The second-order valence-electron chi connectivity index (χ2n) is 3.67. The highest BCUT2D eigenvalue weighted by Crippen LogP contribution is 2.22. The van der Waals surface area contributed by atoms with Crippen LogP contribution in [0, 0.1) is 0 Å². The Hall–Kier alpha value is -2.24. The van der Waals surface area contributed by atoms with Crippen molar-refractivity contribution in [3.05, 3.63) is 23.8 Å². The standard InChI is InChI=1S/C12H17N3O3/c1-8(16)14-6-7-15-10-5-3-4-9(11(10)13)12(17)18-2/h3-5,15H,6-7,13H2,1-2H3,(H,14,16). The molecule has 0 atom stereocenters. The van der Waals surface area contributed by atoms with Gasteiger partial charge in [-0.15, -0.1) is 0 Å². The number of anilines is 2. The Morgan fingerprint density at radius 1 is 1.33 bits per heavy atom. The van der Waals surface area contributed by atoms with Crippen LogP contribution >= 0.6 is 0 Å². The van der Waals surface area contributed by atoms with E-state index in [2.05, 4.69) is 15.4 Å². The van der Waals surface area contributed by atoms with Gasteiger partial charge in [0.05, 0.1) is 24.0 Å². The molecular formula is C12H17N3O3. The van der Waals surface area contributed by atoms with Crippen LogP contribution in [0.4, 0.5) is 11.4 Å². The lowest BCUT2D eigenvalue weighted by Crippen LogP contribution is -2.26. The monoisotopic (exact) mass is 251 g/mol. The number of rotatable bonds is 5. The normalized spacial score (nSPS) is 9.67. The van der Waals surface area contributed by atoms with Gasteiger partial charge in [-0.2, -0.15) is 0 Å². The molecule has 6 heteroatoms. The summed E-state index contributed by atoms with van der Waals surface area (Å²) in [5.41, 5.74) is 7.15. The Bertz CT molecular complexity index is 446. The fourth-order valence-electron chi connectivity index (χ4n) is 1.44. The lowest BCUT2D eigenvalue weighted by Gasteiger charge is -2.12. The van der Waals surface area contributed by atoms with Crippen molar-refractivity contribution in [1.82, 2.24) is 5.32 Å². The van der Waals surface area contributed by atoms with Crippen LogP contribution in [0.1, 0.15) is 17.3 Å². The zero-order chi connectivity index (χ0) is 13.5. The molecule has 1 aromatic rings. The largest absolute Gasteiger partial charge is 0.465 e. The molecule has 0 radical (unpaired) electrons. The summed E-state index contributed by atoms with van der Waals surface area (Å²) in [6.07, 6.45) is 0. The minimum absolute atomic E-state index is 0.0897. The molecule has 6 nitrogen and oxygen atoms in total. The third kappa shape index (κ3) is 3.65. The van der Waals surface area contributed by atoms with Gasteiger partial charge in [-0.1, -0.05) is 6.07 Å². The predicted molar refractivity (Wildman–Crippen MR) is 69.4 cm³/mol. The molecule has 0 aliphatic heterocycles. The van der Waals surface area contributed by atoms with Crippen molar-refractivity contribution in [3.63, 3.8) is 0 Å². The van der Waals surface area contributed by atoms with Gasteiger partial charge in [-0.3, -0.25) is 4.79 Å². The van der Waals surface area contributed by atoms with E-state index in [0.717, 1.165) is 0 Å². The van der Waals surface area contributed by atoms with Crippen molar-refractivity contribution in [2.45, 2.75) is 6.92 Å². The molecule has 0 aliphatic rings. The Morgan fingerprint density at radius 3 is 2.67 bits per heavy atom. The average Bonchev–Trinajstić information content (AvgIpc) is 2.35. The number of para-hydroxylation sites is 1. The molecule has 18 heavy (non-hydrogen) atoms. The summed E-state index contributed by atoms with van der Waals surface area (Å²) in [5.74, 6) is -0.564. The van der Waals surface area contributed by atoms with Crippen LogP contribution in [0.3, 0.4) is 0 Å². The summed E-state index contributed by atoms with van der Waals surface area (Å²) in [5, 5.41) is 5.69. The predicted octanol–water partition coefficient (Wildman–Crippen LogP) is 0.603. The Morgan fingerprint density at radius 2 is 2.06 bits per heavy atom. The Kier molecular flexibility index (Phi) is 4.98. The van der Waals surface area contributed by atoms with E-state index in [1.54, 1.807) is 18.2 Å². The van der Waals surface area contributed by atoms with E-state index in [4.69, 9.17) is 5.73 Å². The average molecular weight is 251 g/mol.